The first-order chi connectivity index (χ1) is 8.17. The van der Waals surface area contributed by atoms with Crippen LogP contribution in [0.15, 0.2) is 40.4 Å². The summed E-state index contributed by atoms with van der Waals surface area (Å²) in [5.41, 5.74) is 2.60. The summed E-state index contributed by atoms with van der Waals surface area (Å²) in [4.78, 5) is 8.63. The van der Waals surface area contributed by atoms with Crippen LogP contribution in [-0.2, 0) is 0 Å². The Hall–Kier alpha value is -1.86. The summed E-state index contributed by atoms with van der Waals surface area (Å²) in [5.74, 6) is 0. The topological polar surface area (TPSA) is 49.6 Å². The molecule has 0 aliphatic carbocycles. The summed E-state index contributed by atoms with van der Waals surface area (Å²) in [5, 5.41) is 10.5. The molecule has 4 heteroatoms. The lowest BCUT2D eigenvalue weighted by molar-refractivity contribution is 1.03. The summed E-state index contributed by atoms with van der Waals surface area (Å²) in [7, 11) is 0. The van der Waals surface area contributed by atoms with Crippen LogP contribution < -0.4 is 0 Å². The average Bonchev–Trinajstić information content (AvgIpc) is 2.28. The van der Waals surface area contributed by atoms with E-state index < -0.39 is 0 Å². The number of aromatic nitrogens is 2. The number of nitrogens with zero attached hydrogens (tertiary/aromatic N) is 3. The van der Waals surface area contributed by atoms with Gasteiger partial charge in [-0.15, -0.1) is 0 Å². The summed E-state index contributed by atoms with van der Waals surface area (Å²) >= 11 is 1.47. The molecule has 3 nitrogen and oxygen atoms in total. The van der Waals surface area contributed by atoms with Crippen LogP contribution in [0.4, 0.5) is 0 Å². The number of pyridine rings is 2. The molecular formula is C13H11N3S. The maximum Gasteiger partial charge on any atom is 0.141 e. The third-order valence-electron chi connectivity index (χ3n) is 2.12. The summed E-state index contributed by atoms with van der Waals surface area (Å²) in [6.45, 7) is 4.01. The number of nitriles is 1. The van der Waals surface area contributed by atoms with Gasteiger partial charge < -0.3 is 0 Å². The third kappa shape index (κ3) is 3.05. The van der Waals surface area contributed by atoms with Gasteiger partial charge in [0.1, 0.15) is 21.8 Å². The molecule has 84 valence electrons. The molecule has 0 bridgehead atoms. The van der Waals surface area contributed by atoms with Crippen molar-refractivity contribution in [3.8, 4) is 6.07 Å². The second-order valence-corrected chi connectivity index (χ2v) is 4.74. The van der Waals surface area contributed by atoms with Crippen molar-refractivity contribution < 1.29 is 0 Å². The Labute approximate surface area is 105 Å². The molecular weight excluding hydrogens is 230 g/mol. The Morgan fingerprint density at radius 2 is 1.94 bits per heavy atom. The van der Waals surface area contributed by atoms with Gasteiger partial charge in [0.15, 0.2) is 0 Å². The predicted molar refractivity (Wildman–Crippen MR) is 66.8 cm³/mol. The van der Waals surface area contributed by atoms with Gasteiger partial charge in [0.2, 0.25) is 0 Å². The lowest BCUT2D eigenvalue weighted by atomic mass is 10.3. The van der Waals surface area contributed by atoms with Crippen molar-refractivity contribution >= 4 is 11.8 Å². The first-order valence-corrected chi connectivity index (χ1v) is 5.99. The molecule has 0 amide bonds. The molecule has 0 aromatic carbocycles. The van der Waals surface area contributed by atoms with Crippen LogP contribution in [0.1, 0.15) is 17.0 Å². The molecule has 0 unspecified atom stereocenters. The number of rotatable bonds is 2. The molecule has 0 saturated heterocycles. The Morgan fingerprint density at radius 3 is 2.65 bits per heavy atom. The first-order valence-electron chi connectivity index (χ1n) is 5.17. The van der Waals surface area contributed by atoms with Crippen LogP contribution in [0.2, 0.25) is 0 Å². The normalized spacial score (nSPS) is 9.94. The van der Waals surface area contributed by atoms with E-state index in [4.69, 9.17) is 5.26 Å². The zero-order valence-electron chi connectivity index (χ0n) is 9.64. The van der Waals surface area contributed by atoms with Gasteiger partial charge in [0.05, 0.1) is 0 Å². The van der Waals surface area contributed by atoms with Gasteiger partial charge in [-0.3, -0.25) is 0 Å². The van der Waals surface area contributed by atoms with Gasteiger partial charge in [-0.1, -0.05) is 17.8 Å². The van der Waals surface area contributed by atoms with Crippen molar-refractivity contribution in [1.82, 2.24) is 9.97 Å². The highest BCUT2D eigenvalue weighted by atomic mass is 32.2. The molecule has 2 heterocycles. The molecule has 0 radical (unpaired) electrons. The van der Waals surface area contributed by atoms with E-state index in [-0.39, 0.29) is 0 Å². The number of aryl methyl sites for hydroxylation is 2. The van der Waals surface area contributed by atoms with E-state index in [0.717, 1.165) is 15.7 Å². The molecule has 0 atom stereocenters. The fourth-order valence-corrected chi connectivity index (χ4v) is 2.44. The van der Waals surface area contributed by atoms with Gasteiger partial charge in [-0.05, 0) is 43.7 Å². The monoisotopic (exact) mass is 241 g/mol. The minimum atomic E-state index is 0.430. The van der Waals surface area contributed by atoms with Crippen LogP contribution in [0.5, 0.6) is 0 Å². The highest BCUT2D eigenvalue weighted by Crippen LogP contribution is 2.25. The van der Waals surface area contributed by atoms with Crippen LogP contribution in [0, 0.1) is 25.2 Å². The van der Waals surface area contributed by atoms with E-state index in [1.54, 1.807) is 6.07 Å². The molecule has 0 N–H and O–H groups in total. The fraction of sp³-hybridized carbons (Fsp3) is 0.154. The van der Waals surface area contributed by atoms with Gasteiger partial charge in [0.25, 0.3) is 0 Å². The molecule has 2 rings (SSSR count). The van der Waals surface area contributed by atoms with Crippen LogP contribution >= 0.6 is 11.8 Å². The molecule has 0 aliphatic heterocycles. The molecule has 2 aromatic heterocycles. The molecule has 0 saturated carbocycles. The smallest absolute Gasteiger partial charge is 0.141 e. The van der Waals surface area contributed by atoms with Crippen LogP contribution in [0.25, 0.3) is 0 Å². The standard InChI is InChI=1S/C13H11N3S/c1-9-6-10(2)15-13(7-9)17-12-5-3-4-11(8-14)16-12/h3-7H,1-2H3. The van der Waals surface area contributed by atoms with Gasteiger partial charge >= 0.3 is 0 Å². The fourth-order valence-electron chi connectivity index (χ4n) is 1.50. The minimum absolute atomic E-state index is 0.430. The molecule has 17 heavy (non-hydrogen) atoms. The van der Waals surface area contributed by atoms with Gasteiger partial charge in [0, 0.05) is 5.69 Å². The lowest BCUT2D eigenvalue weighted by Crippen LogP contribution is -1.89. The van der Waals surface area contributed by atoms with E-state index in [1.165, 1.54) is 17.3 Å². The SMILES string of the molecule is Cc1cc(C)nc(Sc2cccc(C#N)n2)c1. The largest absolute Gasteiger partial charge is 0.246 e. The van der Waals surface area contributed by atoms with Crippen molar-refractivity contribution in [3.63, 3.8) is 0 Å². The van der Waals surface area contributed by atoms with Crippen molar-refractivity contribution in [1.29, 1.82) is 5.26 Å². The highest BCUT2D eigenvalue weighted by molar-refractivity contribution is 7.99. The summed E-state index contributed by atoms with van der Waals surface area (Å²) in [6.07, 6.45) is 0. The zero-order valence-corrected chi connectivity index (χ0v) is 10.5. The van der Waals surface area contributed by atoms with Crippen LogP contribution in [-0.4, -0.2) is 9.97 Å². The van der Waals surface area contributed by atoms with Gasteiger partial charge in [-0.25, -0.2) is 9.97 Å². The minimum Gasteiger partial charge on any atom is -0.246 e. The lowest BCUT2D eigenvalue weighted by Gasteiger charge is -2.03. The quantitative estimate of drug-likeness (QED) is 0.810. The summed E-state index contributed by atoms with van der Waals surface area (Å²) < 4.78 is 0. The molecule has 0 spiro atoms. The number of hydrogen-bond acceptors (Lipinski definition) is 4. The first kappa shape index (κ1) is 11.6. The van der Waals surface area contributed by atoms with E-state index in [1.807, 2.05) is 44.2 Å². The van der Waals surface area contributed by atoms with Crippen molar-refractivity contribution in [2.24, 2.45) is 0 Å². The van der Waals surface area contributed by atoms with E-state index >= 15 is 0 Å². The molecule has 2 aromatic rings. The Bertz CT molecular complexity index is 567. The Kier molecular flexibility index (Phi) is 3.40. The van der Waals surface area contributed by atoms with E-state index in [2.05, 4.69) is 9.97 Å². The highest BCUT2D eigenvalue weighted by Gasteiger charge is 2.03. The average molecular weight is 241 g/mol. The third-order valence-corrected chi connectivity index (χ3v) is 2.98. The Balaban J connectivity index is 2.28. The second kappa shape index (κ2) is 4.98. The van der Waals surface area contributed by atoms with Gasteiger partial charge in [-0.2, -0.15) is 5.26 Å². The van der Waals surface area contributed by atoms with Crippen molar-refractivity contribution in [2.45, 2.75) is 23.9 Å². The molecule has 0 fully saturated rings. The number of hydrogen-bond donors (Lipinski definition) is 0. The summed E-state index contributed by atoms with van der Waals surface area (Å²) in [6, 6.07) is 11.5. The second-order valence-electron chi connectivity index (χ2n) is 3.70. The van der Waals surface area contributed by atoms with Crippen molar-refractivity contribution in [2.75, 3.05) is 0 Å². The molecule has 0 aliphatic rings. The predicted octanol–water partition coefficient (Wildman–Crippen LogP) is 3.12. The van der Waals surface area contributed by atoms with E-state index in [9.17, 15) is 0 Å². The van der Waals surface area contributed by atoms with Crippen molar-refractivity contribution in [3.05, 3.63) is 47.3 Å². The van der Waals surface area contributed by atoms with Crippen LogP contribution in [0.3, 0.4) is 0 Å². The van der Waals surface area contributed by atoms with E-state index in [0.29, 0.717) is 5.69 Å². The maximum atomic E-state index is 8.78. The zero-order chi connectivity index (χ0) is 12.3. The Morgan fingerprint density at radius 1 is 1.12 bits per heavy atom. The maximum absolute atomic E-state index is 8.78.